The van der Waals surface area contributed by atoms with Gasteiger partial charge in [-0.05, 0) is 36.4 Å². The number of pyridine rings is 2. The largest absolute Gasteiger partial charge is 2.00 e. The molecule has 7 heteroatoms. The number of fused-ring (bicyclic) bond motifs is 3. The van der Waals surface area contributed by atoms with Crippen molar-refractivity contribution in [1.82, 2.24) is 9.97 Å². The van der Waals surface area contributed by atoms with E-state index in [9.17, 15) is 9.90 Å². The molecule has 2 aromatic carbocycles. The van der Waals surface area contributed by atoms with Crippen LogP contribution in [0.3, 0.4) is 0 Å². The number of aromatic nitrogens is 2. The predicted molar refractivity (Wildman–Crippen MR) is 104 cm³/mol. The van der Waals surface area contributed by atoms with Gasteiger partial charge in [-0.25, -0.2) is 9.78 Å². The van der Waals surface area contributed by atoms with Crippen molar-refractivity contribution in [3.8, 4) is 0 Å². The molecule has 0 aliphatic rings. The van der Waals surface area contributed by atoms with E-state index < -0.39 is 5.97 Å². The number of carboxylic acid groups (broad SMARTS) is 1. The Morgan fingerprint density at radius 3 is 2.65 bits per heavy atom. The molecule has 0 saturated heterocycles. The Kier molecular flexibility index (Phi) is 5.27. The van der Waals surface area contributed by atoms with Gasteiger partial charge in [-0.2, -0.15) is 0 Å². The zero-order valence-electron chi connectivity index (χ0n) is 13.6. The summed E-state index contributed by atoms with van der Waals surface area (Å²) in [5.74, 6) is -0.367. The molecule has 2 N–H and O–H groups in total. The Morgan fingerprint density at radius 2 is 1.88 bits per heavy atom. The molecule has 0 atom stereocenters. The summed E-state index contributed by atoms with van der Waals surface area (Å²) in [6.07, 6.45) is 3.45. The van der Waals surface area contributed by atoms with E-state index in [1.54, 1.807) is 42.7 Å². The monoisotopic (exact) mass is 373 g/mol. The summed E-state index contributed by atoms with van der Waals surface area (Å²) in [4.78, 5) is 20.1. The van der Waals surface area contributed by atoms with E-state index in [0.29, 0.717) is 16.4 Å². The van der Waals surface area contributed by atoms with E-state index >= 15 is 0 Å². The molecular formula is C19H12ClMgN3O2+2. The molecule has 26 heavy (non-hydrogen) atoms. The Hall–Kier alpha value is -2.41. The number of rotatable bonds is 3. The van der Waals surface area contributed by atoms with Crippen molar-refractivity contribution in [3.63, 3.8) is 0 Å². The van der Waals surface area contributed by atoms with E-state index in [4.69, 9.17) is 11.6 Å². The maximum atomic E-state index is 11.3. The summed E-state index contributed by atoms with van der Waals surface area (Å²) < 4.78 is 0. The molecule has 2 heterocycles. The van der Waals surface area contributed by atoms with Crippen molar-refractivity contribution in [2.24, 2.45) is 0 Å². The summed E-state index contributed by atoms with van der Waals surface area (Å²) in [5, 5.41) is 15.7. The van der Waals surface area contributed by atoms with Gasteiger partial charge in [0.1, 0.15) is 5.82 Å². The third kappa shape index (κ3) is 3.44. The third-order valence-corrected chi connectivity index (χ3v) is 4.17. The number of aromatic carboxylic acids is 1. The molecule has 5 nitrogen and oxygen atoms in total. The van der Waals surface area contributed by atoms with E-state index in [2.05, 4.69) is 15.3 Å². The molecule has 0 amide bonds. The van der Waals surface area contributed by atoms with Crippen LogP contribution in [0.2, 0.25) is 5.02 Å². The Morgan fingerprint density at radius 1 is 1.04 bits per heavy atom. The Balaban J connectivity index is 0.00000196. The van der Waals surface area contributed by atoms with Crippen LogP contribution in [0.4, 0.5) is 11.5 Å². The number of hydrogen-bond acceptors (Lipinski definition) is 4. The number of nitrogens with one attached hydrogen (secondary N) is 1. The van der Waals surface area contributed by atoms with Crippen LogP contribution in [0.15, 0.2) is 60.9 Å². The summed E-state index contributed by atoms with van der Waals surface area (Å²) in [5.41, 5.74) is 1.58. The molecule has 0 fully saturated rings. The van der Waals surface area contributed by atoms with Crippen LogP contribution >= 0.6 is 11.6 Å². The molecule has 0 saturated carbocycles. The zero-order valence-corrected chi connectivity index (χ0v) is 15.8. The van der Waals surface area contributed by atoms with E-state index in [1.807, 2.05) is 18.2 Å². The maximum absolute atomic E-state index is 11.3. The van der Waals surface area contributed by atoms with Gasteiger partial charge in [-0.3, -0.25) is 4.98 Å². The molecule has 0 unspecified atom stereocenters. The van der Waals surface area contributed by atoms with Crippen molar-refractivity contribution in [2.45, 2.75) is 0 Å². The second-order valence-electron chi connectivity index (χ2n) is 5.55. The molecule has 0 aliphatic heterocycles. The first kappa shape index (κ1) is 18.4. The van der Waals surface area contributed by atoms with Gasteiger partial charge in [0.25, 0.3) is 0 Å². The number of carbonyl (C=O) groups is 1. The minimum Gasteiger partial charge on any atom is -0.478 e. The maximum Gasteiger partial charge on any atom is 2.00 e. The van der Waals surface area contributed by atoms with Crippen LogP contribution < -0.4 is 5.32 Å². The Labute approximate surface area is 170 Å². The summed E-state index contributed by atoms with van der Waals surface area (Å²) in [6, 6.07) is 14.1. The average molecular weight is 374 g/mol. The third-order valence-electron chi connectivity index (χ3n) is 3.93. The fourth-order valence-electron chi connectivity index (χ4n) is 2.78. The van der Waals surface area contributed by atoms with Crippen molar-refractivity contribution in [1.29, 1.82) is 0 Å². The first-order chi connectivity index (χ1) is 12.1. The van der Waals surface area contributed by atoms with Gasteiger partial charge in [0, 0.05) is 39.3 Å². The zero-order chi connectivity index (χ0) is 17.4. The summed E-state index contributed by atoms with van der Waals surface area (Å²) >= 11 is 6.04. The first-order valence-electron chi connectivity index (χ1n) is 7.55. The fourth-order valence-corrected chi connectivity index (χ4v) is 2.97. The molecule has 4 rings (SSSR count). The van der Waals surface area contributed by atoms with Crippen molar-refractivity contribution in [3.05, 3.63) is 71.5 Å². The van der Waals surface area contributed by atoms with E-state index in [0.717, 1.165) is 21.8 Å². The van der Waals surface area contributed by atoms with Gasteiger partial charge in [-0.1, -0.05) is 23.7 Å². The average Bonchev–Trinajstić information content (AvgIpc) is 2.61. The second-order valence-corrected chi connectivity index (χ2v) is 5.99. The summed E-state index contributed by atoms with van der Waals surface area (Å²) in [7, 11) is 0. The van der Waals surface area contributed by atoms with Gasteiger partial charge in [0.05, 0.1) is 11.1 Å². The van der Waals surface area contributed by atoms with Crippen molar-refractivity contribution < 1.29 is 9.90 Å². The fraction of sp³-hybridized carbons (Fsp3) is 0. The number of nitrogens with zero attached hydrogens (tertiary/aromatic N) is 2. The summed E-state index contributed by atoms with van der Waals surface area (Å²) in [6.45, 7) is 0. The molecule has 122 valence electrons. The van der Waals surface area contributed by atoms with Crippen molar-refractivity contribution in [2.75, 3.05) is 5.32 Å². The molecule has 0 aliphatic carbocycles. The number of hydrogen-bond donors (Lipinski definition) is 2. The van der Waals surface area contributed by atoms with Crippen molar-refractivity contribution >= 4 is 73.8 Å². The molecule has 4 aromatic rings. The number of carboxylic acids is 1. The van der Waals surface area contributed by atoms with Gasteiger partial charge in [-0.15, -0.1) is 0 Å². The topological polar surface area (TPSA) is 75.1 Å². The van der Waals surface area contributed by atoms with Crippen LogP contribution in [-0.4, -0.2) is 44.1 Å². The standard InChI is InChI=1S/C19H12ClN3O2.Mg/c20-12-2-1-3-13(9-12)22-18-15-6-7-21-10-16(15)14-5-4-11(19(24)25)8-17(14)23-18;/h1-10H,(H,22,23)(H,24,25);/q;+2. The van der Waals surface area contributed by atoms with Gasteiger partial charge < -0.3 is 10.4 Å². The molecular weight excluding hydrogens is 362 g/mol. The van der Waals surface area contributed by atoms with Crippen LogP contribution in [0.5, 0.6) is 0 Å². The molecule has 2 aromatic heterocycles. The number of anilines is 2. The number of halogens is 1. The van der Waals surface area contributed by atoms with Crippen LogP contribution in [0, 0.1) is 0 Å². The van der Waals surface area contributed by atoms with Crippen LogP contribution in [0.1, 0.15) is 10.4 Å². The molecule has 0 bridgehead atoms. The normalized spacial score (nSPS) is 10.5. The van der Waals surface area contributed by atoms with Gasteiger partial charge in [0.2, 0.25) is 0 Å². The Bertz CT molecular complexity index is 1130. The van der Waals surface area contributed by atoms with E-state index in [1.165, 1.54) is 0 Å². The SMILES string of the molecule is O=C(O)c1ccc2c(c1)nc(Nc1cccc(Cl)c1)c1ccncc12.[Mg+2]. The van der Waals surface area contributed by atoms with Crippen LogP contribution in [0.25, 0.3) is 21.7 Å². The molecule has 0 radical (unpaired) electrons. The van der Waals surface area contributed by atoms with Gasteiger partial charge >= 0.3 is 29.0 Å². The first-order valence-corrected chi connectivity index (χ1v) is 7.93. The predicted octanol–water partition coefficient (Wildman–Crippen LogP) is 4.50. The van der Waals surface area contributed by atoms with Gasteiger partial charge in [0.15, 0.2) is 0 Å². The smallest absolute Gasteiger partial charge is 0.478 e. The minimum absolute atomic E-state index is 0. The van der Waals surface area contributed by atoms with Crippen LogP contribution in [-0.2, 0) is 0 Å². The minimum atomic E-state index is -0.987. The van der Waals surface area contributed by atoms with E-state index in [-0.39, 0.29) is 28.6 Å². The quantitative estimate of drug-likeness (QED) is 0.408. The molecule has 0 spiro atoms. The number of benzene rings is 2. The second kappa shape index (κ2) is 7.45.